The zero-order chi connectivity index (χ0) is 12.3. The zero-order valence-corrected chi connectivity index (χ0v) is 11.4. The van der Waals surface area contributed by atoms with Crippen LogP contribution in [0, 0.1) is 5.41 Å². The Bertz CT molecular complexity index is 369. The lowest BCUT2D eigenvalue weighted by Crippen LogP contribution is -2.35. The molecule has 1 aliphatic rings. The number of benzene rings is 1. The summed E-state index contributed by atoms with van der Waals surface area (Å²) in [5, 5.41) is 4.74. The van der Waals surface area contributed by atoms with Crippen molar-refractivity contribution in [2.45, 2.75) is 12.8 Å². The predicted octanol–water partition coefficient (Wildman–Crippen LogP) is 3.16. The number of rotatable bonds is 4. The minimum atomic E-state index is 0.128. The molecular weight excluding hydrogens is 257 g/mol. The van der Waals surface area contributed by atoms with Crippen LogP contribution >= 0.6 is 23.2 Å². The zero-order valence-electron chi connectivity index (χ0n) is 9.93. The van der Waals surface area contributed by atoms with Crippen molar-refractivity contribution in [1.29, 1.82) is 0 Å². The van der Waals surface area contributed by atoms with Crippen LogP contribution in [0.1, 0.15) is 12.0 Å². The van der Waals surface area contributed by atoms with Crippen LogP contribution in [0.4, 0.5) is 0 Å². The van der Waals surface area contributed by atoms with Gasteiger partial charge in [-0.3, -0.25) is 0 Å². The summed E-state index contributed by atoms with van der Waals surface area (Å²) in [6.07, 6.45) is 1.92. The quantitative estimate of drug-likeness (QED) is 0.910. The summed E-state index contributed by atoms with van der Waals surface area (Å²) in [5.41, 5.74) is 1.17. The lowest BCUT2D eigenvalue weighted by atomic mass is 9.81. The van der Waals surface area contributed by atoms with E-state index in [0.717, 1.165) is 48.2 Å². The maximum Gasteiger partial charge on any atom is 0.0538 e. The second-order valence-corrected chi connectivity index (χ2v) is 5.52. The van der Waals surface area contributed by atoms with E-state index in [1.54, 1.807) is 0 Å². The highest BCUT2D eigenvalue weighted by molar-refractivity contribution is 6.36. The average Bonchev–Trinajstić information content (AvgIpc) is 2.73. The van der Waals surface area contributed by atoms with Gasteiger partial charge >= 0.3 is 0 Å². The van der Waals surface area contributed by atoms with Crippen LogP contribution in [-0.2, 0) is 11.2 Å². The third-order valence-corrected chi connectivity index (χ3v) is 4.06. The van der Waals surface area contributed by atoms with Crippen molar-refractivity contribution in [3.63, 3.8) is 0 Å². The molecule has 2 nitrogen and oxygen atoms in total. The maximum absolute atomic E-state index is 6.22. The molecule has 1 unspecified atom stereocenters. The average molecular weight is 274 g/mol. The van der Waals surface area contributed by atoms with E-state index in [9.17, 15) is 0 Å². The standard InChI is InChI=1S/C13H17Cl2NO/c1-16-8-13(5-6-17-9-13)7-10-11(14)3-2-4-12(10)15/h2-4,16H,5-9H2,1H3. The monoisotopic (exact) mass is 273 g/mol. The normalized spacial score (nSPS) is 24.2. The van der Waals surface area contributed by atoms with Crippen molar-refractivity contribution in [3.05, 3.63) is 33.8 Å². The molecule has 1 aromatic carbocycles. The van der Waals surface area contributed by atoms with Crippen molar-refractivity contribution in [3.8, 4) is 0 Å². The van der Waals surface area contributed by atoms with Gasteiger partial charge in [0, 0.05) is 28.6 Å². The van der Waals surface area contributed by atoms with Gasteiger partial charge < -0.3 is 10.1 Å². The summed E-state index contributed by atoms with van der Waals surface area (Å²) in [6.45, 7) is 2.52. The summed E-state index contributed by atoms with van der Waals surface area (Å²) in [5.74, 6) is 0. The fourth-order valence-electron chi connectivity index (χ4n) is 2.44. The van der Waals surface area contributed by atoms with E-state index in [1.807, 2.05) is 25.2 Å². The molecule has 0 radical (unpaired) electrons. The molecule has 1 atom stereocenters. The predicted molar refractivity (Wildman–Crippen MR) is 72.0 cm³/mol. The Balaban J connectivity index is 2.23. The van der Waals surface area contributed by atoms with Crippen molar-refractivity contribution < 1.29 is 4.74 Å². The number of halogens is 2. The van der Waals surface area contributed by atoms with Crippen LogP contribution < -0.4 is 5.32 Å². The molecule has 0 saturated carbocycles. The first-order chi connectivity index (χ1) is 8.17. The summed E-state index contributed by atoms with van der Waals surface area (Å²) < 4.78 is 5.54. The number of ether oxygens (including phenoxy) is 1. The van der Waals surface area contributed by atoms with Crippen molar-refractivity contribution in [1.82, 2.24) is 5.32 Å². The summed E-state index contributed by atoms with van der Waals surface area (Å²) in [7, 11) is 1.97. The van der Waals surface area contributed by atoms with E-state index >= 15 is 0 Å². The molecule has 0 aromatic heterocycles. The van der Waals surface area contributed by atoms with Crippen LogP contribution in [0.3, 0.4) is 0 Å². The fourth-order valence-corrected chi connectivity index (χ4v) is 2.97. The van der Waals surface area contributed by atoms with Gasteiger partial charge in [0.15, 0.2) is 0 Å². The van der Waals surface area contributed by atoms with Crippen LogP contribution in [0.5, 0.6) is 0 Å². The van der Waals surface area contributed by atoms with E-state index in [-0.39, 0.29) is 5.41 Å². The fraction of sp³-hybridized carbons (Fsp3) is 0.538. The molecule has 0 bridgehead atoms. The molecule has 1 heterocycles. The molecule has 1 N–H and O–H groups in total. The molecule has 17 heavy (non-hydrogen) atoms. The summed E-state index contributed by atoms with van der Waals surface area (Å²) in [4.78, 5) is 0. The third kappa shape index (κ3) is 2.94. The molecule has 4 heteroatoms. The van der Waals surface area contributed by atoms with Crippen molar-refractivity contribution in [2.75, 3.05) is 26.8 Å². The molecule has 1 aliphatic heterocycles. The molecule has 1 fully saturated rings. The smallest absolute Gasteiger partial charge is 0.0538 e. The topological polar surface area (TPSA) is 21.3 Å². The van der Waals surface area contributed by atoms with Gasteiger partial charge in [-0.25, -0.2) is 0 Å². The Morgan fingerprint density at radius 1 is 1.35 bits per heavy atom. The van der Waals surface area contributed by atoms with Crippen molar-refractivity contribution >= 4 is 23.2 Å². The van der Waals surface area contributed by atoms with Gasteiger partial charge in [0.2, 0.25) is 0 Å². The largest absolute Gasteiger partial charge is 0.381 e. The van der Waals surface area contributed by atoms with E-state index in [4.69, 9.17) is 27.9 Å². The minimum absolute atomic E-state index is 0.128. The Morgan fingerprint density at radius 2 is 2.06 bits per heavy atom. The summed E-state index contributed by atoms with van der Waals surface area (Å²) in [6, 6.07) is 5.67. The Labute approximate surface area is 112 Å². The third-order valence-electron chi connectivity index (χ3n) is 3.35. The van der Waals surface area contributed by atoms with Crippen LogP contribution in [0.25, 0.3) is 0 Å². The molecule has 0 spiro atoms. The highest BCUT2D eigenvalue weighted by Crippen LogP contribution is 2.36. The van der Waals surface area contributed by atoms with Crippen LogP contribution in [-0.4, -0.2) is 26.8 Å². The van der Waals surface area contributed by atoms with Crippen molar-refractivity contribution in [2.24, 2.45) is 5.41 Å². The van der Waals surface area contributed by atoms with Gasteiger partial charge in [0.25, 0.3) is 0 Å². The van der Waals surface area contributed by atoms with E-state index < -0.39 is 0 Å². The second kappa shape index (κ2) is 5.57. The van der Waals surface area contributed by atoms with E-state index in [0.29, 0.717) is 0 Å². The Morgan fingerprint density at radius 3 is 2.59 bits per heavy atom. The van der Waals surface area contributed by atoms with Gasteiger partial charge in [0.1, 0.15) is 0 Å². The highest BCUT2D eigenvalue weighted by atomic mass is 35.5. The Hall–Kier alpha value is -0.280. The molecule has 0 aliphatic carbocycles. The van der Waals surface area contributed by atoms with E-state index in [2.05, 4.69) is 5.32 Å². The first-order valence-electron chi connectivity index (χ1n) is 5.82. The highest BCUT2D eigenvalue weighted by Gasteiger charge is 2.35. The van der Waals surface area contributed by atoms with Gasteiger partial charge in [0.05, 0.1) is 6.61 Å². The van der Waals surface area contributed by atoms with Gasteiger partial charge in [-0.15, -0.1) is 0 Å². The second-order valence-electron chi connectivity index (χ2n) is 4.71. The number of hydrogen-bond donors (Lipinski definition) is 1. The molecule has 2 rings (SSSR count). The van der Waals surface area contributed by atoms with Gasteiger partial charge in [-0.05, 0) is 37.6 Å². The molecule has 1 saturated heterocycles. The molecule has 94 valence electrons. The number of hydrogen-bond acceptors (Lipinski definition) is 2. The molecule has 1 aromatic rings. The first-order valence-corrected chi connectivity index (χ1v) is 6.58. The Kier molecular flexibility index (Phi) is 4.31. The molecule has 0 amide bonds. The SMILES string of the molecule is CNCC1(Cc2c(Cl)cccc2Cl)CCOC1. The maximum atomic E-state index is 6.22. The summed E-state index contributed by atoms with van der Waals surface area (Å²) >= 11 is 12.4. The van der Waals surface area contributed by atoms with Gasteiger partial charge in [-0.2, -0.15) is 0 Å². The lowest BCUT2D eigenvalue weighted by molar-refractivity contribution is 0.150. The van der Waals surface area contributed by atoms with E-state index in [1.165, 1.54) is 0 Å². The van der Waals surface area contributed by atoms with Crippen LogP contribution in [0.2, 0.25) is 10.0 Å². The molecular formula is C13H17Cl2NO. The minimum Gasteiger partial charge on any atom is -0.381 e. The first kappa shape index (κ1) is 13.2. The van der Waals surface area contributed by atoms with Gasteiger partial charge in [-0.1, -0.05) is 29.3 Å². The van der Waals surface area contributed by atoms with Crippen LogP contribution in [0.15, 0.2) is 18.2 Å². The number of nitrogens with one attached hydrogen (secondary N) is 1. The lowest BCUT2D eigenvalue weighted by Gasteiger charge is -2.28.